The van der Waals surface area contributed by atoms with E-state index in [-0.39, 0.29) is 12.1 Å². The van der Waals surface area contributed by atoms with Gasteiger partial charge in [-0.3, -0.25) is 4.68 Å². The van der Waals surface area contributed by atoms with Crippen LogP contribution in [0.5, 0.6) is 0 Å². The molecule has 3 rings (SSSR count). The molecule has 1 atom stereocenters. The van der Waals surface area contributed by atoms with Gasteiger partial charge in [0, 0.05) is 11.6 Å². The summed E-state index contributed by atoms with van der Waals surface area (Å²) < 4.78 is 12.7. The average molecular weight is 349 g/mol. The Balaban J connectivity index is 1.73. The lowest BCUT2D eigenvalue weighted by Gasteiger charge is -2.10. The summed E-state index contributed by atoms with van der Waals surface area (Å²) >= 11 is 6.21. The molecule has 0 N–H and O–H groups in total. The molecule has 6 heteroatoms. The van der Waals surface area contributed by atoms with Crippen molar-refractivity contribution in [2.45, 2.75) is 39.3 Å². The van der Waals surface area contributed by atoms with Crippen LogP contribution in [0.2, 0.25) is 5.02 Å². The van der Waals surface area contributed by atoms with E-state index in [1.165, 1.54) is 0 Å². The van der Waals surface area contributed by atoms with Crippen molar-refractivity contribution in [3.05, 3.63) is 51.8 Å². The Kier molecular flexibility index (Phi) is 5.21. The molecule has 0 saturated carbocycles. The van der Waals surface area contributed by atoms with Crippen LogP contribution < -0.4 is 0 Å². The van der Waals surface area contributed by atoms with Gasteiger partial charge in [0.1, 0.15) is 12.2 Å². The summed E-state index contributed by atoms with van der Waals surface area (Å²) in [4.78, 5) is 12.4. The lowest BCUT2D eigenvalue weighted by molar-refractivity contribution is 0.0160. The number of esters is 1. The third-order valence-corrected chi connectivity index (χ3v) is 4.66. The zero-order chi connectivity index (χ0) is 17.1. The maximum Gasteiger partial charge on any atom is 0.341 e. The molecule has 0 radical (unpaired) electrons. The Labute approximate surface area is 146 Å². The fraction of sp³-hybridized carbons (Fsp3) is 0.444. The van der Waals surface area contributed by atoms with Gasteiger partial charge in [-0.1, -0.05) is 29.8 Å². The Morgan fingerprint density at radius 1 is 1.42 bits per heavy atom. The number of rotatable bonds is 5. The summed E-state index contributed by atoms with van der Waals surface area (Å²) in [6.07, 6.45) is 1.99. The van der Waals surface area contributed by atoms with Crippen molar-refractivity contribution >= 4 is 17.6 Å². The van der Waals surface area contributed by atoms with Gasteiger partial charge in [0.05, 0.1) is 24.0 Å². The van der Waals surface area contributed by atoms with Crippen molar-refractivity contribution in [1.29, 1.82) is 0 Å². The monoisotopic (exact) mass is 348 g/mol. The van der Waals surface area contributed by atoms with Crippen LogP contribution in [-0.2, 0) is 16.0 Å². The highest BCUT2D eigenvalue weighted by Gasteiger charge is 2.23. The van der Waals surface area contributed by atoms with E-state index >= 15 is 0 Å². The number of hydrogen-bond acceptors (Lipinski definition) is 4. The van der Waals surface area contributed by atoms with Crippen molar-refractivity contribution in [3.63, 3.8) is 0 Å². The second-order valence-electron chi connectivity index (χ2n) is 6.03. The molecule has 1 fully saturated rings. The number of aryl methyl sites for hydroxylation is 1. The molecule has 1 saturated heterocycles. The van der Waals surface area contributed by atoms with Gasteiger partial charge in [-0.25, -0.2) is 4.79 Å². The first kappa shape index (κ1) is 17.0. The van der Waals surface area contributed by atoms with Crippen LogP contribution in [0.3, 0.4) is 0 Å². The number of carbonyl (C=O) groups excluding carboxylic acids is 1. The van der Waals surface area contributed by atoms with Gasteiger partial charge in [0.2, 0.25) is 0 Å². The molecule has 1 unspecified atom stereocenters. The average Bonchev–Trinajstić information content (AvgIpc) is 3.16. The molecular weight excluding hydrogens is 328 g/mol. The van der Waals surface area contributed by atoms with Gasteiger partial charge in [0.25, 0.3) is 0 Å². The molecule has 0 aliphatic carbocycles. The lowest BCUT2D eigenvalue weighted by Crippen LogP contribution is -2.18. The van der Waals surface area contributed by atoms with Gasteiger partial charge in [0.15, 0.2) is 0 Å². The Bertz CT molecular complexity index is 736. The van der Waals surface area contributed by atoms with Crippen LogP contribution in [-0.4, -0.2) is 35.1 Å². The van der Waals surface area contributed by atoms with Crippen LogP contribution >= 0.6 is 11.6 Å². The lowest BCUT2D eigenvalue weighted by atomic mass is 10.2. The number of nitrogens with zero attached hydrogens (tertiary/aromatic N) is 2. The van der Waals surface area contributed by atoms with Crippen LogP contribution in [0.1, 0.15) is 40.2 Å². The zero-order valence-electron chi connectivity index (χ0n) is 13.9. The highest BCUT2D eigenvalue weighted by atomic mass is 35.5. The van der Waals surface area contributed by atoms with E-state index in [9.17, 15) is 4.79 Å². The Hall–Kier alpha value is -1.85. The second kappa shape index (κ2) is 7.36. The number of carbonyl (C=O) groups is 1. The summed E-state index contributed by atoms with van der Waals surface area (Å²) in [6, 6.07) is 7.62. The van der Waals surface area contributed by atoms with Crippen molar-refractivity contribution < 1.29 is 14.3 Å². The van der Waals surface area contributed by atoms with Crippen LogP contribution in [0.4, 0.5) is 0 Å². The molecular formula is C18H21ClN2O3. The highest BCUT2D eigenvalue weighted by molar-refractivity contribution is 6.31. The van der Waals surface area contributed by atoms with Gasteiger partial charge >= 0.3 is 5.97 Å². The van der Waals surface area contributed by atoms with E-state index in [2.05, 4.69) is 5.10 Å². The maximum absolute atomic E-state index is 12.4. The highest BCUT2D eigenvalue weighted by Crippen LogP contribution is 2.20. The van der Waals surface area contributed by atoms with Crippen LogP contribution in [0.15, 0.2) is 24.3 Å². The number of benzene rings is 1. The number of hydrogen-bond donors (Lipinski definition) is 0. The summed E-state index contributed by atoms with van der Waals surface area (Å²) in [5.74, 6) is -0.342. The van der Waals surface area contributed by atoms with Crippen molar-refractivity contribution in [2.75, 3.05) is 13.2 Å². The molecule has 2 aromatic rings. The molecule has 1 aromatic heterocycles. The fourth-order valence-corrected chi connectivity index (χ4v) is 3.15. The SMILES string of the molecule is Cc1nn(Cc2ccccc2Cl)c(C)c1C(=O)OCC1CCCO1. The molecule has 1 aromatic carbocycles. The van der Waals surface area contributed by atoms with E-state index < -0.39 is 0 Å². The standard InChI is InChI=1S/C18H21ClN2O3/c1-12-17(18(22)24-11-15-7-5-9-23-15)13(2)21(20-12)10-14-6-3-4-8-16(14)19/h3-4,6,8,15H,5,7,9-11H2,1-2H3. The maximum atomic E-state index is 12.4. The number of halogens is 1. The number of ether oxygens (including phenoxy) is 2. The summed E-state index contributed by atoms with van der Waals surface area (Å²) in [5, 5.41) is 5.16. The first-order valence-electron chi connectivity index (χ1n) is 8.12. The minimum Gasteiger partial charge on any atom is -0.459 e. The molecule has 5 nitrogen and oxygen atoms in total. The predicted molar refractivity (Wildman–Crippen MR) is 91.5 cm³/mol. The predicted octanol–water partition coefficient (Wildman–Crippen LogP) is 3.54. The van der Waals surface area contributed by atoms with E-state index in [4.69, 9.17) is 21.1 Å². The smallest absolute Gasteiger partial charge is 0.341 e. The van der Waals surface area contributed by atoms with Gasteiger partial charge in [-0.05, 0) is 38.3 Å². The van der Waals surface area contributed by atoms with Gasteiger partial charge < -0.3 is 9.47 Å². The van der Waals surface area contributed by atoms with E-state index in [0.717, 1.165) is 30.7 Å². The fourth-order valence-electron chi connectivity index (χ4n) is 2.95. The van der Waals surface area contributed by atoms with E-state index in [0.29, 0.717) is 29.4 Å². The second-order valence-corrected chi connectivity index (χ2v) is 6.44. The molecule has 0 bridgehead atoms. The molecule has 128 valence electrons. The number of aromatic nitrogens is 2. The first-order chi connectivity index (χ1) is 11.6. The first-order valence-corrected chi connectivity index (χ1v) is 8.50. The minimum absolute atomic E-state index is 0.0210. The summed E-state index contributed by atoms with van der Waals surface area (Å²) in [6.45, 7) is 5.26. The Morgan fingerprint density at radius 2 is 2.21 bits per heavy atom. The normalized spacial score (nSPS) is 17.2. The van der Waals surface area contributed by atoms with Crippen LogP contribution in [0, 0.1) is 13.8 Å². The molecule has 0 spiro atoms. The van der Waals surface area contributed by atoms with Crippen molar-refractivity contribution in [1.82, 2.24) is 9.78 Å². The zero-order valence-corrected chi connectivity index (χ0v) is 14.7. The van der Waals surface area contributed by atoms with Gasteiger partial charge in [-0.2, -0.15) is 5.10 Å². The summed E-state index contributed by atoms with van der Waals surface area (Å²) in [5.41, 5.74) is 2.94. The summed E-state index contributed by atoms with van der Waals surface area (Å²) in [7, 11) is 0. The molecule has 1 aliphatic heterocycles. The minimum atomic E-state index is -0.342. The third-order valence-electron chi connectivity index (χ3n) is 4.29. The van der Waals surface area contributed by atoms with Crippen molar-refractivity contribution in [2.24, 2.45) is 0 Å². The van der Waals surface area contributed by atoms with Crippen molar-refractivity contribution in [3.8, 4) is 0 Å². The molecule has 0 amide bonds. The van der Waals surface area contributed by atoms with Gasteiger partial charge in [-0.15, -0.1) is 0 Å². The van der Waals surface area contributed by atoms with E-state index in [1.54, 1.807) is 4.68 Å². The van der Waals surface area contributed by atoms with Crippen LogP contribution in [0.25, 0.3) is 0 Å². The molecule has 2 heterocycles. The topological polar surface area (TPSA) is 53.4 Å². The van der Waals surface area contributed by atoms with E-state index in [1.807, 2.05) is 38.1 Å². The molecule has 24 heavy (non-hydrogen) atoms. The molecule has 1 aliphatic rings. The Morgan fingerprint density at radius 3 is 2.92 bits per heavy atom. The quantitative estimate of drug-likeness (QED) is 0.775. The third kappa shape index (κ3) is 3.62. The largest absolute Gasteiger partial charge is 0.459 e.